The van der Waals surface area contributed by atoms with Crippen molar-refractivity contribution in [2.24, 2.45) is 0 Å². The van der Waals surface area contributed by atoms with Crippen molar-refractivity contribution in [2.45, 2.75) is 26.4 Å². The SMILES string of the molecule is COc1cc2c(c(OC)c1)C(=O)C(=O)C(C[C@@H](C)OC(C)=O)=C2. The number of ether oxygens (including phenoxy) is 3. The van der Waals surface area contributed by atoms with Gasteiger partial charge < -0.3 is 14.2 Å². The van der Waals surface area contributed by atoms with E-state index in [-0.39, 0.29) is 12.0 Å². The van der Waals surface area contributed by atoms with Crippen LogP contribution >= 0.6 is 0 Å². The lowest BCUT2D eigenvalue weighted by Crippen LogP contribution is -2.25. The fourth-order valence-corrected chi connectivity index (χ4v) is 2.55. The van der Waals surface area contributed by atoms with Crippen LogP contribution < -0.4 is 9.47 Å². The minimum atomic E-state index is -0.632. The number of Topliss-reactive ketones (excluding diaryl/α,β-unsaturated/α-hetero) is 2. The second-order valence-corrected chi connectivity index (χ2v) is 5.25. The Labute approximate surface area is 134 Å². The summed E-state index contributed by atoms with van der Waals surface area (Å²) in [5.74, 6) is -0.865. The zero-order valence-corrected chi connectivity index (χ0v) is 13.5. The summed E-state index contributed by atoms with van der Waals surface area (Å²) < 4.78 is 15.4. The predicted octanol–water partition coefficient (Wildman–Crippen LogP) is 2.19. The highest BCUT2D eigenvalue weighted by Crippen LogP contribution is 2.35. The number of carbonyl (C=O) groups is 3. The van der Waals surface area contributed by atoms with Gasteiger partial charge in [-0.25, -0.2) is 0 Å². The summed E-state index contributed by atoms with van der Waals surface area (Å²) in [4.78, 5) is 35.7. The van der Waals surface area contributed by atoms with Gasteiger partial charge in [0.05, 0.1) is 19.8 Å². The number of benzene rings is 1. The monoisotopic (exact) mass is 318 g/mol. The molecule has 0 fully saturated rings. The first kappa shape index (κ1) is 16.7. The van der Waals surface area contributed by atoms with Crippen molar-refractivity contribution in [2.75, 3.05) is 14.2 Å². The van der Waals surface area contributed by atoms with Crippen LogP contribution in [0.15, 0.2) is 17.7 Å². The summed E-state index contributed by atoms with van der Waals surface area (Å²) in [5, 5.41) is 0. The first-order valence-corrected chi connectivity index (χ1v) is 7.10. The van der Waals surface area contributed by atoms with Gasteiger partial charge in [-0.05, 0) is 24.6 Å². The molecule has 0 spiro atoms. The van der Waals surface area contributed by atoms with E-state index in [9.17, 15) is 14.4 Å². The molecule has 0 heterocycles. The topological polar surface area (TPSA) is 78.9 Å². The van der Waals surface area contributed by atoms with Crippen LogP contribution in [0.3, 0.4) is 0 Å². The van der Waals surface area contributed by atoms with E-state index < -0.39 is 23.6 Å². The highest BCUT2D eigenvalue weighted by Gasteiger charge is 2.32. The van der Waals surface area contributed by atoms with Gasteiger partial charge in [-0.3, -0.25) is 14.4 Å². The number of hydrogen-bond acceptors (Lipinski definition) is 6. The van der Waals surface area contributed by atoms with Crippen molar-refractivity contribution >= 4 is 23.6 Å². The van der Waals surface area contributed by atoms with Crippen LogP contribution in [-0.2, 0) is 14.3 Å². The maximum Gasteiger partial charge on any atom is 0.302 e. The fraction of sp³-hybridized carbons (Fsp3) is 0.353. The third-order valence-corrected chi connectivity index (χ3v) is 3.49. The van der Waals surface area contributed by atoms with E-state index in [1.54, 1.807) is 25.1 Å². The molecule has 1 aliphatic carbocycles. The maximum atomic E-state index is 12.4. The normalized spacial score (nSPS) is 14.7. The number of methoxy groups -OCH3 is 2. The van der Waals surface area contributed by atoms with Gasteiger partial charge in [-0.1, -0.05) is 0 Å². The van der Waals surface area contributed by atoms with Gasteiger partial charge in [0.15, 0.2) is 0 Å². The first-order chi connectivity index (χ1) is 10.9. The Balaban J connectivity index is 2.45. The Morgan fingerprint density at radius 1 is 1.13 bits per heavy atom. The van der Waals surface area contributed by atoms with Gasteiger partial charge in [-0.2, -0.15) is 0 Å². The lowest BCUT2D eigenvalue weighted by atomic mass is 9.87. The van der Waals surface area contributed by atoms with Gasteiger partial charge in [0.2, 0.25) is 11.6 Å². The number of carbonyl (C=O) groups excluding carboxylic acids is 3. The van der Waals surface area contributed by atoms with Crippen molar-refractivity contribution < 1.29 is 28.6 Å². The third kappa shape index (κ3) is 3.41. The molecule has 0 aliphatic heterocycles. The fourth-order valence-electron chi connectivity index (χ4n) is 2.55. The molecule has 23 heavy (non-hydrogen) atoms. The average molecular weight is 318 g/mol. The van der Waals surface area contributed by atoms with Crippen molar-refractivity contribution in [3.63, 3.8) is 0 Å². The predicted molar refractivity (Wildman–Crippen MR) is 82.7 cm³/mol. The van der Waals surface area contributed by atoms with Crippen LogP contribution in [0.1, 0.15) is 36.2 Å². The van der Waals surface area contributed by atoms with E-state index in [2.05, 4.69) is 0 Å². The van der Waals surface area contributed by atoms with Crippen LogP contribution in [0.4, 0.5) is 0 Å². The standard InChI is InChI=1S/C17H18O6/c1-9(23-10(2)18)5-12-6-11-7-13(21-3)8-14(22-4)15(11)17(20)16(12)19/h6-9H,5H2,1-4H3/t9-/m1/s1. The molecular weight excluding hydrogens is 300 g/mol. The van der Waals surface area contributed by atoms with E-state index >= 15 is 0 Å². The van der Waals surface area contributed by atoms with Crippen LogP contribution in [0.2, 0.25) is 0 Å². The molecule has 0 saturated carbocycles. The largest absolute Gasteiger partial charge is 0.497 e. The number of fused-ring (bicyclic) bond motifs is 1. The molecule has 122 valence electrons. The average Bonchev–Trinajstić information content (AvgIpc) is 2.50. The number of rotatable bonds is 5. The van der Waals surface area contributed by atoms with Gasteiger partial charge in [0, 0.05) is 25.0 Å². The van der Waals surface area contributed by atoms with Gasteiger partial charge in [-0.15, -0.1) is 0 Å². The van der Waals surface area contributed by atoms with E-state index in [1.165, 1.54) is 21.1 Å². The highest BCUT2D eigenvalue weighted by molar-refractivity contribution is 6.52. The van der Waals surface area contributed by atoms with Crippen molar-refractivity contribution in [1.29, 1.82) is 0 Å². The quantitative estimate of drug-likeness (QED) is 0.612. The minimum absolute atomic E-state index is 0.170. The lowest BCUT2D eigenvalue weighted by molar-refractivity contribution is -0.145. The molecule has 1 aliphatic rings. The number of hydrogen-bond donors (Lipinski definition) is 0. The molecule has 6 heteroatoms. The van der Waals surface area contributed by atoms with Crippen LogP contribution in [-0.4, -0.2) is 37.9 Å². The summed E-state index contributed by atoms with van der Waals surface area (Å²) in [6, 6.07) is 3.23. The van der Waals surface area contributed by atoms with Crippen LogP contribution in [0.5, 0.6) is 11.5 Å². The molecular formula is C17H18O6. The highest BCUT2D eigenvalue weighted by atomic mass is 16.5. The molecule has 6 nitrogen and oxygen atoms in total. The van der Waals surface area contributed by atoms with Crippen molar-refractivity contribution in [1.82, 2.24) is 0 Å². The smallest absolute Gasteiger partial charge is 0.302 e. The molecule has 0 aromatic heterocycles. The molecule has 1 aromatic rings. The lowest BCUT2D eigenvalue weighted by Gasteiger charge is -2.20. The summed E-state index contributed by atoms with van der Waals surface area (Å²) >= 11 is 0. The van der Waals surface area contributed by atoms with Gasteiger partial charge >= 0.3 is 5.97 Å². The molecule has 0 radical (unpaired) electrons. The van der Waals surface area contributed by atoms with Gasteiger partial charge in [0.25, 0.3) is 0 Å². The van der Waals surface area contributed by atoms with E-state index in [0.717, 1.165) is 0 Å². The summed E-state index contributed by atoms with van der Waals surface area (Å²) in [7, 11) is 2.93. The Hall–Kier alpha value is -2.63. The molecule has 0 unspecified atom stereocenters. The zero-order valence-electron chi connectivity index (χ0n) is 13.5. The Kier molecular flexibility index (Phi) is 4.83. The Morgan fingerprint density at radius 3 is 2.39 bits per heavy atom. The zero-order chi connectivity index (χ0) is 17.1. The van der Waals surface area contributed by atoms with Crippen molar-refractivity contribution in [3.8, 4) is 11.5 Å². The summed E-state index contributed by atoms with van der Waals surface area (Å²) in [5.41, 5.74) is 1.07. The Bertz CT molecular complexity index is 701. The summed E-state index contributed by atoms with van der Waals surface area (Å²) in [6.07, 6.45) is 1.29. The van der Waals surface area contributed by atoms with Crippen molar-refractivity contribution in [3.05, 3.63) is 28.8 Å². The molecule has 2 rings (SSSR count). The second kappa shape index (κ2) is 6.64. The first-order valence-electron chi connectivity index (χ1n) is 7.10. The second-order valence-electron chi connectivity index (χ2n) is 5.25. The van der Waals surface area contributed by atoms with Gasteiger partial charge in [0.1, 0.15) is 17.6 Å². The third-order valence-electron chi connectivity index (χ3n) is 3.49. The van der Waals surface area contributed by atoms with Crippen LogP contribution in [0.25, 0.3) is 6.08 Å². The molecule has 0 bridgehead atoms. The molecule has 0 saturated heterocycles. The number of ketones is 2. The van der Waals surface area contributed by atoms with E-state index in [0.29, 0.717) is 22.6 Å². The summed E-state index contributed by atoms with van der Waals surface area (Å²) in [6.45, 7) is 2.96. The van der Waals surface area contributed by atoms with Crippen LogP contribution in [0, 0.1) is 0 Å². The maximum absolute atomic E-state index is 12.4. The molecule has 1 aromatic carbocycles. The molecule has 0 amide bonds. The molecule has 1 atom stereocenters. The van der Waals surface area contributed by atoms with E-state index in [4.69, 9.17) is 14.2 Å². The molecule has 0 N–H and O–H groups in total. The minimum Gasteiger partial charge on any atom is -0.497 e. The number of esters is 1. The van der Waals surface area contributed by atoms with E-state index in [1.807, 2.05) is 0 Å². The Morgan fingerprint density at radius 2 is 1.83 bits per heavy atom.